The molecular formula is AlN2O6Zn+3. The van der Waals surface area contributed by atoms with E-state index in [4.69, 9.17) is 30.6 Å². The van der Waals surface area contributed by atoms with Gasteiger partial charge in [-0.05, 0) is 0 Å². The van der Waals surface area contributed by atoms with Gasteiger partial charge in [-0.2, -0.15) is 0 Å². The largest absolute Gasteiger partial charge is 3.00 e. The molecule has 10 heteroatoms. The quantitative estimate of drug-likeness (QED) is 0.294. The summed E-state index contributed by atoms with van der Waals surface area (Å²) in [5.41, 5.74) is 0. The Labute approximate surface area is 77.9 Å². The van der Waals surface area contributed by atoms with Crippen molar-refractivity contribution in [2.24, 2.45) is 0 Å². The van der Waals surface area contributed by atoms with Crippen LogP contribution in [0, 0.1) is 30.6 Å². The van der Waals surface area contributed by atoms with Gasteiger partial charge in [-0.3, -0.25) is 0 Å². The first-order valence-corrected chi connectivity index (χ1v) is 1.10. The fourth-order valence-corrected chi connectivity index (χ4v) is 0. The van der Waals surface area contributed by atoms with Crippen molar-refractivity contribution in [2.45, 2.75) is 0 Å². The summed E-state index contributed by atoms with van der Waals surface area (Å²) >= 11 is 0. The van der Waals surface area contributed by atoms with Crippen molar-refractivity contribution >= 4 is 17.4 Å². The fraction of sp³-hybridized carbons (Fsp3) is 0. The van der Waals surface area contributed by atoms with Gasteiger partial charge in [0.25, 0.3) is 0 Å². The molecule has 10 heavy (non-hydrogen) atoms. The predicted octanol–water partition coefficient (Wildman–Crippen LogP) is -0.862. The van der Waals surface area contributed by atoms with Gasteiger partial charge in [-0.25, -0.2) is 0 Å². The van der Waals surface area contributed by atoms with Gasteiger partial charge < -0.3 is 30.6 Å². The van der Waals surface area contributed by atoms with Crippen LogP contribution < -0.4 is 0 Å². The van der Waals surface area contributed by atoms with Gasteiger partial charge in [-0.1, -0.05) is 0 Å². The van der Waals surface area contributed by atoms with Crippen molar-refractivity contribution in [1.82, 2.24) is 0 Å². The van der Waals surface area contributed by atoms with Crippen LogP contribution in [0.4, 0.5) is 0 Å². The summed E-state index contributed by atoms with van der Waals surface area (Å²) in [6.07, 6.45) is 0. The molecule has 0 aromatic rings. The maximum Gasteiger partial charge on any atom is 3.00 e. The van der Waals surface area contributed by atoms with Gasteiger partial charge in [0.15, 0.2) is 0 Å². The van der Waals surface area contributed by atoms with Crippen molar-refractivity contribution < 1.29 is 29.7 Å². The molecule has 0 amide bonds. The van der Waals surface area contributed by atoms with Crippen molar-refractivity contribution in [2.75, 3.05) is 0 Å². The third-order valence-electron chi connectivity index (χ3n) is 0. The van der Waals surface area contributed by atoms with E-state index in [0.717, 1.165) is 0 Å². The molecule has 48 valence electrons. The first-order valence-electron chi connectivity index (χ1n) is 1.10. The molecule has 0 atom stereocenters. The Morgan fingerprint density at radius 1 is 0.800 bits per heavy atom. The summed E-state index contributed by atoms with van der Waals surface area (Å²) < 4.78 is 0. The molecule has 0 saturated heterocycles. The summed E-state index contributed by atoms with van der Waals surface area (Å²) in [5.74, 6) is 0. The molecule has 0 aliphatic carbocycles. The monoisotopic (exact) mass is 215 g/mol. The minimum absolute atomic E-state index is 0. The topological polar surface area (TPSA) is 132 Å². The molecule has 0 aliphatic heterocycles. The van der Waals surface area contributed by atoms with Crippen LogP contribution >= 0.6 is 0 Å². The average molecular weight is 216 g/mol. The zero-order valence-electron chi connectivity index (χ0n) is 4.63. The van der Waals surface area contributed by atoms with E-state index in [9.17, 15) is 0 Å². The minimum Gasteiger partial charge on any atom is -0.356 e. The molecule has 0 aromatic carbocycles. The van der Waals surface area contributed by atoms with Crippen LogP contribution in [0.25, 0.3) is 0 Å². The Bertz CT molecular complexity index is 73.7. The molecule has 0 saturated carbocycles. The summed E-state index contributed by atoms with van der Waals surface area (Å²) in [7, 11) is 0. The number of hydrogen-bond donors (Lipinski definition) is 0. The smallest absolute Gasteiger partial charge is 0.356 e. The minimum atomic E-state index is -1.75. The van der Waals surface area contributed by atoms with Crippen LogP contribution in [0.15, 0.2) is 0 Å². The van der Waals surface area contributed by atoms with E-state index in [1.165, 1.54) is 0 Å². The predicted molar refractivity (Wildman–Crippen MR) is 26.5 cm³/mol. The molecule has 0 radical (unpaired) electrons. The molecule has 0 aromatic heterocycles. The summed E-state index contributed by atoms with van der Waals surface area (Å²) in [6.45, 7) is 0. The van der Waals surface area contributed by atoms with Crippen molar-refractivity contribution in [3.05, 3.63) is 30.6 Å². The molecule has 0 heterocycles. The van der Waals surface area contributed by atoms with E-state index in [1.807, 2.05) is 0 Å². The Kier molecular flexibility index (Phi) is 35.9. The first kappa shape index (κ1) is 22.7. The summed E-state index contributed by atoms with van der Waals surface area (Å²) in [6, 6.07) is 0. The van der Waals surface area contributed by atoms with Crippen molar-refractivity contribution in [3.63, 3.8) is 0 Å². The number of nitrogens with zero attached hydrogens (tertiary/aromatic N) is 2. The van der Waals surface area contributed by atoms with E-state index in [0.29, 0.717) is 0 Å². The summed E-state index contributed by atoms with van der Waals surface area (Å²) in [4.78, 5) is 16.5. The Morgan fingerprint density at radius 2 is 0.800 bits per heavy atom. The maximum atomic E-state index is 8.25. The number of rotatable bonds is 0. The van der Waals surface area contributed by atoms with Gasteiger partial charge in [0.2, 0.25) is 0 Å². The normalized spacial score (nSPS) is 4.80. The second kappa shape index (κ2) is 15.8. The van der Waals surface area contributed by atoms with E-state index in [-0.39, 0.29) is 36.8 Å². The van der Waals surface area contributed by atoms with Gasteiger partial charge >= 0.3 is 36.8 Å². The average Bonchev–Trinajstić information content (AvgIpc) is 1.25. The molecule has 0 aliphatic rings. The molecular weight excluding hydrogens is 216 g/mol. The van der Waals surface area contributed by atoms with E-state index in [1.54, 1.807) is 0 Å². The summed E-state index contributed by atoms with van der Waals surface area (Å²) in [5, 5.41) is 29.5. The second-order valence-electron chi connectivity index (χ2n) is 0.447. The van der Waals surface area contributed by atoms with Crippen LogP contribution in [0.3, 0.4) is 0 Å². The second-order valence-corrected chi connectivity index (χ2v) is 0.447. The molecule has 0 unspecified atom stereocenters. The first-order chi connectivity index (χ1) is 3.46. The Morgan fingerprint density at radius 3 is 0.800 bits per heavy atom. The molecule has 0 rings (SSSR count). The van der Waals surface area contributed by atoms with E-state index < -0.39 is 10.2 Å². The molecule has 0 fully saturated rings. The third kappa shape index (κ3) is 1650. The molecule has 8 nitrogen and oxygen atoms in total. The standard InChI is InChI=1S/Al.2NO3.Zn/c;2*2-1(3)4;/q+3;2*-1;+2. The fourth-order valence-electron chi connectivity index (χ4n) is 0. The zero-order valence-corrected chi connectivity index (χ0v) is 8.75. The molecule has 0 bridgehead atoms. The molecule has 0 N–H and O–H groups in total. The maximum absolute atomic E-state index is 8.25. The Hall–Kier alpha value is -0.444. The van der Waals surface area contributed by atoms with Crippen molar-refractivity contribution in [3.8, 4) is 0 Å². The van der Waals surface area contributed by atoms with Crippen LogP contribution in [0.1, 0.15) is 0 Å². The van der Waals surface area contributed by atoms with Gasteiger partial charge in [-0.15, -0.1) is 0 Å². The zero-order chi connectivity index (χ0) is 7.15. The van der Waals surface area contributed by atoms with E-state index >= 15 is 0 Å². The van der Waals surface area contributed by atoms with Crippen molar-refractivity contribution in [1.29, 1.82) is 0 Å². The van der Waals surface area contributed by atoms with Gasteiger partial charge in [0.1, 0.15) is 0 Å². The molecule has 0 spiro atoms. The van der Waals surface area contributed by atoms with E-state index in [2.05, 4.69) is 0 Å². The Balaban J connectivity index is -0.0000000300. The van der Waals surface area contributed by atoms with Crippen LogP contribution in [-0.4, -0.2) is 27.5 Å². The number of hydrogen-bond acceptors (Lipinski definition) is 6. The van der Waals surface area contributed by atoms with Crippen LogP contribution in [-0.2, 0) is 19.5 Å². The van der Waals surface area contributed by atoms with Gasteiger partial charge in [0.05, 0.1) is 10.2 Å². The SMILES string of the molecule is O=[N+]([O-])[O-].O=[N+]([O-])[O-].[Al+3].[Zn+2]. The van der Waals surface area contributed by atoms with Crippen LogP contribution in [0.5, 0.6) is 0 Å². The third-order valence-corrected chi connectivity index (χ3v) is 0. The van der Waals surface area contributed by atoms with Gasteiger partial charge in [0, 0.05) is 0 Å². The van der Waals surface area contributed by atoms with Crippen LogP contribution in [0.2, 0.25) is 0 Å².